The molecule has 1 amide bonds. The van der Waals surface area contributed by atoms with E-state index in [2.05, 4.69) is 11.0 Å². The maximum absolute atomic E-state index is 12.5. The van der Waals surface area contributed by atoms with Crippen molar-refractivity contribution in [1.29, 1.82) is 5.26 Å². The van der Waals surface area contributed by atoms with Gasteiger partial charge in [-0.1, -0.05) is 6.07 Å². The van der Waals surface area contributed by atoms with Gasteiger partial charge in [0.1, 0.15) is 17.7 Å². The van der Waals surface area contributed by atoms with Crippen LogP contribution < -0.4 is 9.64 Å². The Balaban J connectivity index is 1.49. The molecule has 3 heterocycles. The van der Waals surface area contributed by atoms with E-state index in [0.29, 0.717) is 11.1 Å². The number of aryl methyl sites for hydroxylation is 1. The summed E-state index contributed by atoms with van der Waals surface area (Å²) in [4.78, 5) is 21.6. The first-order valence-corrected chi connectivity index (χ1v) is 10.0. The van der Waals surface area contributed by atoms with E-state index >= 15 is 0 Å². The van der Waals surface area contributed by atoms with Crippen LogP contribution in [-0.2, 0) is 5.54 Å². The van der Waals surface area contributed by atoms with Crippen LogP contribution in [-0.4, -0.2) is 42.0 Å². The molecule has 0 bridgehead atoms. The van der Waals surface area contributed by atoms with Crippen LogP contribution in [0.2, 0.25) is 0 Å². The lowest BCUT2D eigenvalue weighted by molar-refractivity contribution is 0.0688. The van der Waals surface area contributed by atoms with Crippen molar-refractivity contribution in [3.8, 4) is 11.8 Å². The Morgan fingerprint density at radius 2 is 1.97 bits per heavy atom. The number of fused-ring (bicyclic) bond motifs is 1. The zero-order chi connectivity index (χ0) is 20.8. The SMILES string of the molecule is Cc1cc2c(nc1N1CCC(Oc3cccc(C#N)c3)CC1)C(C)(C)N(C)C2=O. The molecule has 6 heteroatoms. The summed E-state index contributed by atoms with van der Waals surface area (Å²) in [6.45, 7) is 7.80. The number of hydrogen-bond donors (Lipinski definition) is 0. The molecule has 1 aromatic heterocycles. The van der Waals surface area contributed by atoms with Crippen molar-refractivity contribution in [1.82, 2.24) is 9.88 Å². The number of anilines is 1. The molecule has 0 aliphatic carbocycles. The predicted octanol–water partition coefficient (Wildman–Crippen LogP) is 3.63. The summed E-state index contributed by atoms with van der Waals surface area (Å²) in [5, 5.41) is 9.05. The maximum atomic E-state index is 12.5. The van der Waals surface area contributed by atoms with Crippen molar-refractivity contribution in [3.05, 3.63) is 52.7 Å². The minimum Gasteiger partial charge on any atom is -0.490 e. The lowest BCUT2D eigenvalue weighted by Gasteiger charge is -2.34. The predicted molar refractivity (Wildman–Crippen MR) is 111 cm³/mol. The molecule has 0 spiro atoms. The second-order valence-electron chi connectivity index (χ2n) is 8.39. The van der Waals surface area contributed by atoms with Crippen LogP contribution in [0.4, 0.5) is 5.82 Å². The summed E-state index contributed by atoms with van der Waals surface area (Å²) >= 11 is 0. The third kappa shape index (κ3) is 3.31. The fourth-order valence-electron chi connectivity index (χ4n) is 4.16. The van der Waals surface area contributed by atoms with E-state index in [9.17, 15) is 4.79 Å². The van der Waals surface area contributed by atoms with Crippen molar-refractivity contribution in [2.45, 2.75) is 45.3 Å². The molecule has 150 valence electrons. The lowest BCUT2D eigenvalue weighted by atomic mass is 9.98. The van der Waals surface area contributed by atoms with Gasteiger partial charge in [0, 0.05) is 33.0 Å². The maximum Gasteiger partial charge on any atom is 0.256 e. The zero-order valence-electron chi connectivity index (χ0n) is 17.4. The minimum atomic E-state index is -0.401. The van der Waals surface area contributed by atoms with E-state index in [-0.39, 0.29) is 12.0 Å². The van der Waals surface area contributed by atoms with Gasteiger partial charge in [-0.3, -0.25) is 4.79 Å². The van der Waals surface area contributed by atoms with Gasteiger partial charge in [-0.15, -0.1) is 0 Å². The number of aromatic nitrogens is 1. The second-order valence-corrected chi connectivity index (χ2v) is 8.39. The van der Waals surface area contributed by atoms with Gasteiger partial charge in [0.2, 0.25) is 0 Å². The van der Waals surface area contributed by atoms with Crippen LogP contribution in [0, 0.1) is 18.3 Å². The van der Waals surface area contributed by atoms with E-state index in [0.717, 1.165) is 48.8 Å². The van der Waals surface area contributed by atoms with Crippen LogP contribution in [0.1, 0.15) is 53.9 Å². The number of piperidine rings is 1. The smallest absolute Gasteiger partial charge is 0.256 e. The fraction of sp³-hybridized carbons (Fsp3) is 0.435. The summed E-state index contributed by atoms with van der Waals surface area (Å²) in [7, 11) is 1.84. The second kappa shape index (κ2) is 7.07. The van der Waals surface area contributed by atoms with Crippen molar-refractivity contribution >= 4 is 11.7 Å². The standard InChI is InChI=1S/C23H26N4O2/c1-15-12-19-20(23(2,3)26(4)22(19)28)25-21(15)27-10-8-17(9-11-27)29-18-7-5-6-16(13-18)14-24/h5-7,12-13,17H,8-11H2,1-4H3. The molecule has 2 aliphatic heterocycles. The normalized spacial score (nSPS) is 18.5. The van der Waals surface area contributed by atoms with E-state index in [1.165, 1.54) is 0 Å². The Morgan fingerprint density at radius 3 is 2.66 bits per heavy atom. The van der Waals surface area contributed by atoms with Crippen molar-refractivity contribution in [2.24, 2.45) is 0 Å². The van der Waals surface area contributed by atoms with Crippen molar-refractivity contribution in [3.63, 3.8) is 0 Å². The summed E-state index contributed by atoms with van der Waals surface area (Å²) in [6, 6.07) is 11.4. The average molecular weight is 390 g/mol. The van der Waals surface area contributed by atoms with E-state index < -0.39 is 5.54 Å². The Hall–Kier alpha value is -3.07. The van der Waals surface area contributed by atoms with Crippen molar-refractivity contribution in [2.75, 3.05) is 25.0 Å². The highest BCUT2D eigenvalue weighted by Crippen LogP contribution is 2.38. The molecule has 0 saturated carbocycles. The van der Waals surface area contributed by atoms with E-state index in [1.54, 1.807) is 17.0 Å². The Labute approximate surface area is 171 Å². The van der Waals surface area contributed by atoms with Crippen LogP contribution in [0.25, 0.3) is 0 Å². The lowest BCUT2D eigenvalue weighted by Crippen LogP contribution is -2.39. The van der Waals surface area contributed by atoms with Gasteiger partial charge in [-0.2, -0.15) is 5.26 Å². The number of pyridine rings is 1. The third-order valence-corrected chi connectivity index (χ3v) is 6.15. The van der Waals surface area contributed by atoms with Gasteiger partial charge in [0.05, 0.1) is 28.4 Å². The monoisotopic (exact) mass is 390 g/mol. The van der Waals surface area contributed by atoms with Crippen LogP contribution in [0.15, 0.2) is 30.3 Å². The molecule has 6 nitrogen and oxygen atoms in total. The average Bonchev–Trinajstić information content (AvgIpc) is 2.88. The molecule has 4 rings (SSSR count). The number of ether oxygens (including phenoxy) is 1. The molecule has 29 heavy (non-hydrogen) atoms. The molecule has 2 aliphatic rings. The number of benzene rings is 1. The molecule has 2 aromatic rings. The van der Waals surface area contributed by atoms with Gasteiger partial charge in [-0.05, 0) is 50.6 Å². The topological polar surface area (TPSA) is 69.5 Å². The van der Waals surface area contributed by atoms with Crippen LogP contribution >= 0.6 is 0 Å². The molecular weight excluding hydrogens is 364 g/mol. The molecule has 1 fully saturated rings. The fourth-order valence-corrected chi connectivity index (χ4v) is 4.16. The first kappa shape index (κ1) is 19.3. The number of amides is 1. The first-order valence-electron chi connectivity index (χ1n) is 10.0. The molecule has 0 radical (unpaired) electrons. The molecular formula is C23H26N4O2. The largest absolute Gasteiger partial charge is 0.490 e. The van der Waals surface area contributed by atoms with Gasteiger partial charge in [0.25, 0.3) is 5.91 Å². The number of hydrogen-bond acceptors (Lipinski definition) is 5. The highest BCUT2D eigenvalue weighted by atomic mass is 16.5. The third-order valence-electron chi connectivity index (χ3n) is 6.15. The van der Waals surface area contributed by atoms with Crippen LogP contribution in [0.3, 0.4) is 0 Å². The van der Waals surface area contributed by atoms with Gasteiger partial charge >= 0.3 is 0 Å². The van der Waals surface area contributed by atoms with Crippen LogP contribution in [0.5, 0.6) is 5.75 Å². The quantitative estimate of drug-likeness (QED) is 0.800. The molecule has 0 unspecified atom stereocenters. The van der Waals surface area contributed by atoms with E-state index in [4.69, 9.17) is 15.0 Å². The van der Waals surface area contributed by atoms with Gasteiger partial charge < -0.3 is 14.5 Å². The summed E-state index contributed by atoms with van der Waals surface area (Å²) in [5.74, 6) is 1.75. The molecule has 0 atom stereocenters. The molecule has 0 N–H and O–H groups in total. The highest BCUT2D eigenvalue weighted by molar-refractivity contribution is 5.99. The number of nitriles is 1. The Morgan fingerprint density at radius 1 is 1.24 bits per heavy atom. The van der Waals surface area contributed by atoms with Gasteiger partial charge in [-0.25, -0.2) is 4.98 Å². The minimum absolute atomic E-state index is 0.0406. The van der Waals surface area contributed by atoms with Gasteiger partial charge in [0.15, 0.2) is 0 Å². The number of rotatable bonds is 3. The highest BCUT2D eigenvalue weighted by Gasteiger charge is 2.43. The molecule has 1 aromatic carbocycles. The number of carbonyl (C=O) groups excluding carboxylic acids is 1. The van der Waals surface area contributed by atoms with Crippen molar-refractivity contribution < 1.29 is 9.53 Å². The Bertz CT molecular complexity index is 1000. The first-order chi connectivity index (χ1) is 13.8. The number of nitrogens with zero attached hydrogens (tertiary/aromatic N) is 4. The summed E-state index contributed by atoms with van der Waals surface area (Å²) in [5.41, 5.74) is 2.82. The van der Waals surface area contributed by atoms with E-state index in [1.807, 2.05) is 46.0 Å². The Kier molecular flexibility index (Phi) is 4.70. The molecule has 1 saturated heterocycles. The summed E-state index contributed by atoms with van der Waals surface area (Å²) in [6.07, 6.45) is 1.90. The zero-order valence-corrected chi connectivity index (χ0v) is 17.4. The number of carbonyl (C=O) groups is 1. The summed E-state index contributed by atoms with van der Waals surface area (Å²) < 4.78 is 6.10.